The fraction of sp³-hybridized carbons (Fsp3) is 0.381. The zero-order valence-electron chi connectivity index (χ0n) is 16.3. The van der Waals surface area contributed by atoms with E-state index in [0.29, 0.717) is 17.7 Å². The Bertz CT molecular complexity index is 1070. The molecule has 4 heterocycles. The molecule has 2 aromatic heterocycles. The minimum absolute atomic E-state index is 0.128. The van der Waals surface area contributed by atoms with E-state index in [1.165, 1.54) is 18.3 Å². The van der Waals surface area contributed by atoms with Crippen LogP contribution in [0.2, 0.25) is 0 Å². The Kier molecular flexibility index (Phi) is 4.62. The Morgan fingerprint density at radius 2 is 2.07 bits per heavy atom. The lowest BCUT2D eigenvalue weighted by molar-refractivity contribution is 0.0422. The fourth-order valence-corrected chi connectivity index (χ4v) is 4.30. The van der Waals surface area contributed by atoms with E-state index in [-0.39, 0.29) is 34.8 Å². The Hall–Kier alpha value is -3.07. The zero-order valence-corrected chi connectivity index (χ0v) is 16.3. The molecule has 2 bridgehead atoms. The molecule has 2 saturated heterocycles. The van der Waals surface area contributed by atoms with Gasteiger partial charge in [0.15, 0.2) is 6.17 Å². The summed E-state index contributed by atoms with van der Waals surface area (Å²) in [5, 5.41) is 25.7. The summed E-state index contributed by atoms with van der Waals surface area (Å²) in [6, 6.07) is 5.79. The van der Waals surface area contributed by atoms with E-state index < -0.39 is 18.1 Å². The number of phenols is 1. The molecule has 0 saturated carbocycles. The average molecular weight is 413 g/mol. The number of aromatic hydroxyl groups is 1. The highest BCUT2D eigenvalue weighted by molar-refractivity contribution is 5.74. The molecule has 0 unspecified atom stereocenters. The van der Waals surface area contributed by atoms with E-state index in [4.69, 9.17) is 4.74 Å². The predicted molar refractivity (Wildman–Crippen MR) is 105 cm³/mol. The summed E-state index contributed by atoms with van der Waals surface area (Å²) in [6.45, 7) is 0. The van der Waals surface area contributed by atoms with E-state index in [1.807, 2.05) is 0 Å². The summed E-state index contributed by atoms with van der Waals surface area (Å²) >= 11 is 0. The van der Waals surface area contributed by atoms with Crippen LogP contribution >= 0.6 is 0 Å². The zero-order chi connectivity index (χ0) is 20.8. The van der Waals surface area contributed by atoms with Gasteiger partial charge in [0, 0.05) is 54.5 Å². The van der Waals surface area contributed by atoms with Gasteiger partial charge >= 0.3 is 0 Å². The van der Waals surface area contributed by atoms with Gasteiger partial charge in [-0.1, -0.05) is 0 Å². The molecule has 0 spiro atoms. The maximum Gasteiger partial charge on any atom is 0.233 e. The van der Waals surface area contributed by atoms with Crippen molar-refractivity contribution >= 4 is 0 Å². The van der Waals surface area contributed by atoms with Gasteiger partial charge < -0.3 is 15.2 Å². The summed E-state index contributed by atoms with van der Waals surface area (Å²) < 4.78 is 36.5. The number of benzene rings is 1. The van der Waals surface area contributed by atoms with Gasteiger partial charge in [0.1, 0.15) is 17.7 Å². The van der Waals surface area contributed by atoms with Crippen LogP contribution in [0.15, 0.2) is 36.7 Å². The number of fused-ring (bicyclic) bond motifs is 2. The Labute approximate surface area is 171 Å². The molecule has 2 aliphatic rings. The number of alkyl halides is 1. The first-order valence-corrected chi connectivity index (χ1v) is 9.90. The second kappa shape index (κ2) is 7.32. The molecule has 2 fully saturated rings. The highest BCUT2D eigenvalue weighted by Crippen LogP contribution is 2.35. The molecule has 2 N–H and O–H groups in total. The van der Waals surface area contributed by atoms with Crippen molar-refractivity contribution in [2.45, 2.75) is 43.6 Å². The third kappa shape index (κ3) is 3.39. The van der Waals surface area contributed by atoms with Crippen LogP contribution in [0.3, 0.4) is 0 Å². The Morgan fingerprint density at radius 1 is 1.20 bits per heavy atom. The smallest absolute Gasteiger partial charge is 0.233 e. The van der Waals surface area contributed by atoms with E-state index >= 15 is 0 Å². The number of nitrogens with zero attached hydrogens (tertiary/aromatic N) is 4. The Morgan fingerprint density at radius 3 is 2.80 bits per heavy atom. The van der Waals surface area contributed by atoms with Crippen molar-refractivity contribution in [3.8, 4) is 34.0 Å². The first kappa shape index (κ1) is 18.9. The molecule has 2 aliphatic heterocycles. The van der Waals surface area contributed by atoms with Crippen molar-refractivity contribution in [1.29, 1.82) is 0 Å². The number of nitrogens with one attached hydrogen (secondary N) is 1. The number of piperidine rings is 1. The van der Waals surface area contributed by atoms with Crippen LogP contribution in [0.1, 0.15) is 19.3 Å². The summed E-state index contributed by atoms with van der Waals surface area (Å²) in [7, 11) is 1.73. The second-order valence-corrected chi connectivity index (χ2v) is 7.89. The highest BCUT2D eigenvalue weighted by atomic mass is 19.1. The fourth-order valence-electron chi connectivity index (χ4n) is 4.30. The molecule has 3 aromatic rings. The summed E-state index contributed by atoms with van der Waals surface area (Å²) in [5.41, 5.74) is 1.30. The van der Waals surface area contributed by atoms with Gasteiger partial charge in [0.2, 0.25) is 5.88 Å². The molecule has 0 aliphatic carbocycles. The van der Waals surface area contributed by atoms with Gasteiger partial charge in [-0.2, -0.15) is 5.10 Å². The third-order valence-electron chi connectivity index (χ3n) is 5.82. The van der Waals surface area contributed by atoms with Gasteiger partial charge in [-0.3, -0.25) is 4.68 Å². The van der Waals surface area contributed by atoms with Gasteiger partial charge in [0.05, 0.1) is 11.9 Å². The van der Waals surface area contributed by atoms with Crippen molar-refractivity contribution in [2.75, 3.05) is 0 Å². The molecule has 9 heteroatoms. The summed E-state index contributed by atoms with van der Waals surface area (Å²) in [4.78, 5) is 0. The van der Waals surface area contributed by atoms with Crippen LogP contribution < -0.4 is 10.1 Å². The van der Waals surface area contributed by atoms with E-state index in [1.54, 1.807) is 30.1 Å². The lowest BCUT2D eigenvalue weighted by Crippen LogP contribution is -2.51. The van der Waals surface area contributed by atoms with E-state index in [2.05, 4.69) is 20.6 Å². The number of rotatable bonds is 4. The van der Waals surface area contributed by atoms with Crippen molar-refractivity contribution in [3.05, 3.63) is 42.5 Å². The molecule has 7 nitrogen and oxygen atoms in total. The minimum Gasteiger partial charge on any atom is -0.507 e. The molecule has 30 heavy (non-hydrogen) atoms. The van der Waals surface area contributed by atoms with Crippen LogP contribution in [0.25, 0.3) is 22.4 Å². The number of hydrogen-bond acceptors (Lipinski definition) is 6. The molecular weight excluding hydrogens is 392 g/mol. The average Bonchev–Trinajstić information content (AvgIpc) is 3.35. The third-order valence-corrected chi connectivity index (χ3v) is 5.82. The molecule has 0 radical (unpaired) electrons. The van der Waals surface area contributed by atoms with Crippen LogP contribution in [-0.2, 0) is 7.05 Å². The maximum absolute atomic E-state index is 14.7. The van der Waals surface area contributed by atoms with Crippen molar-refractivity contribution < 1.29 is 18.6 Å². The van der Waals surface area contributed by atoms with E-state index in [0.717, 1.165) is 12.8 Å². The Balaban J connectivity index is 1.36. The van der Waals surface area contributed by atoms with E-state index in [9.17, 15) is 13.9 Å². The quantitative estimate of drug-likeness (QED) is 0.684. The standard InChI is InChI=1S/C21H21F2N5O2/c1-28-10-11(9-24-28)13-8-18(29)14(7-15(13)22)16-4-5-20(27-26-16)30-19-6-12-2-3-17(25-12)21(19)23/h4-5,7-10,12,17,19,21,25,29H,2-3,6H2,1H3/t12-,17+,19-,21+/m1/s1. The normalized spacial score (nSPS) is 25.4. The van der Waals surface area contributed by atoms with Crippen molar-refractivity contribution in [3.63, 3.8) is 0 Å². The number of hydrogen-bond donors (Lipinski definition) is 2. The molecule has 0 amide bonds. The first-order valence-electron chi connectivity index (χ1n) is 9.90. The minimum atomic E-state index is -1.09. The van der Waals surface area contributed by atoms with Gasteiger partial charge in [0.25, 0.3) is 0 Å². The number of aryl methyl sites for hydroxylation is 1. The van der Waals surface area contributed by atoms with Crippen molar-refractivity contribution in [1.82, 2.24) is 25.3 Å². The molecule has 1 aromatic carbocycles. The predicted octanol–water partition coefficient (Wildman–Crippen LogP) is 3.00. The second-order valence-electron chi connectivity index (χ2n) is 7.89. The van der Waals surface area contributed by atoms with Gasteiger partial charge in [-0.15, -0.1) is 10.2 Å². The lowest BCUT2D eigenvalue weighted by Gasteiger charge is -2.32. The van der Waals surface area contributed by atoms with Gasteiger partial charge in [-0.25, -0.2) is 8.78 Å². The van der Waals surface area contributed by atoms with Gasteiger partial charge in [-0.05, 0) is 31.0 Å². The van der Waals surface area contributed by atoms with Crippen LogP contribution in [0, 0.1) is 5.82 Å². The van der Waals surface area contributed by atoms with Crippen LogP contribution in [0.4, 0.5) is 8.78 Å². The summed E-state index contributed by atoms with van der Waals surface area (Å²) in [6.07, 6.45) is 3.88. The van der Waals surface area contributed by atoms with Crippen LogP contribution in [-0.4, -0.2) is 49.4 Å². The first-order chi connectivity index (χ1) is 14.5. The molecule has 4 atom stereocenters. The number of ether oxygens (including phenoxy) is 1. The van der Waals surface area contributed by atoms with Crippen LogP contribution in [0.5, 0.6) is 11.6 Å². The molecule has 5 rings (SSSR count). The number of halogens is 2. The maximum atomic E-state index is 14.7. The summed E-state index contributed by atoms with van der Waals surface area (Å²) in [5.74, 6) is -0.431. The lowest BCUT2D eigenvalue weighted by atomic mass is 10.0. The molecular formula is C21H21F2N5O2. The largest absolute Gasteiger partial charge is 0.507 e. The SMILES string of the molecule is Cn1cc(-c2cc(O)c(-c3ccc(O[C@@H]4C[C@H]5CC[C@H](N5)[C@@H]4F)nn3)cc2F)cn1. The highest BCUT2D eigenvalue weighted by Gasteiger charge is 2.43. The number of aromatic nitrogens is 4. The molecule has 156 valence electrons. The monoisotopic (exact) mass is 413 g/mol. The van der Waals surface area contributed by atoms with Crippen molar-refractivity contribution in [2.24, 2.45) is 7.05 Å². The topological polar surface area (TPSA) is 85.1 Å². The number of phenolic OH excluding ortho intramolecular Hbond substituents is 1.